The molecule has 6 N–H and O–H groups in total. The molecule has 1 amide bonds. The number of aliphatic hydroxyl groups is 5. The van der Waals surface area contributed by atoms with E-state index in [1.165, 1.54) is 193 Å². The van der Waals surface area contributed by atoms with Crippen LogP contribution >= 0.6 is 0 Å². The van der Waals surface area contributed by atoms with Crippen molar-refractivity contribution in [2.75, 3.05) is 13.2 Å². The van der Waals surface area contributed by atoms with E-state index in [1.807, 2.05) is 6.08 Å². The number of hydrogen-bond acceptors (Lipinski definition) is 8. The van der Waals surface area contributed by atoms with E-state index in [1.54, 1.807) is 6.08 Å². The lowest BCUT2D eigenvalue weighted by Gasteiger charge is -2.40. The second kappa shape index (κ2) is 56.6. The van der Waals surface area contributed by atoms with Gasteiger partial charge in [0.25, 0.3) is 0 Å². The molecule has 0 aliphatic carbocycles. The molecule has 0 aromatic carbocycles. The molecule has 1 fully saturated rings. The summed E-state index contributed by atoms with van der Waals surface area (Å²) >= 11 is 0. The van der Waals surface area contributed by atoms with Crippen LogP contribution < -0.4 is 5.32 Å². The minimum absolute atomic E-state index is 0.189. The van der Waals surface area contributed by atoms with Crippen molar-refractivity contribution in [3.8, 4) is 0 Å². The van der Waals surface area contributed by atoms with Crippen molar-refractivity contribution in [1.82, 2.24) is 5.32 Å². The lowest BCUT2D eigenvalue weighted by atomic mass is 9.99. The van der Waals surface area contributed by atoms with Crippen LogP contribution in [0.15, 0.2) is 85.1 Å². The third kappa shape index (κ3) is 45.8. The number of ether oxygens (including phenoxy) is 2. The molecule has 1 aliphatic rings. The van der Waals surface area contributed by atoms with E-state index < -0.39 is 49.5 Å². The molecular formula is C68H121NO8. The third-order valence-electron chi connectivity index (χ3n) is 14.9. The van der Waals surface area contributed by atoms with Crippen LogP contribution in [-0.4, -0.2) is 87.5 Å². The molecule has 77 heavy (non-hydrogen) atoms. The van der Waals surface area contributed by atoms with Crippen molar-refractivity contribution in [3.05, 3.63) is 85.1 Å². The third-order valence-corrected chi connectivity index (χ3v) is 14.9. The Morgan fingerprint density at radius 3 is 1.25 bits per heavy atom. The van der Waals surface area contributed by atoms with Gasteiger partial charge in [0.2, 0.25) is 5.91 Å². The molecule has 9 nitrogen and oxygen atoms in total. The van der Waals surface area contributed by atoms with Crippen molar-refractivity contribution in [1.29, 1.82) is 0 Å². The molecule has 7 unspecified atom stereocenters. The van der Waals surface area contributed by atoms with Crippen molar-refractivity contribution in [2.45, 2.75) is 326 Å². The normalized spacial score (nSPS) is 19.3. The summed E-state index contributed by atoms with van der Waals surface area (Å²) in [6.07, 6.45) is 73.9. The Morgan fingerprint density at radius 2 is 0.818 bits per heavy atom. The van der Waals surface area contributed by atoms with E-state index in [2.05, 4.69) is 92.1 Å². The van der Waals surface area contributed by atoms with Gasteiger partial charge in [0.1, 0.15) is 24.4 Å². The van der Waals surface area contributed by atoms with Crippen molar-refractivity contribution in [3.63, 3.8) is 0 Å². The highest BCUT2D eigenvalue weighted by Crippen LogP contribution is 2.23. The molecule has 1 rings (SSSR count). The fraction of sp³-hybridized carbons (Fsp3) is 0.779. The Hall–Kier alpha value is -2.63. The van der Waals surface area contributed by atoms with E-state index >= 15 is 0 Å². The number of allylic oxidation sites excluding steroid dienone is 13. The fourth-order valence-corrected chi connectivity index (χ4v) is 9.89. The van der Waals surface area contributed by atoms with E-state index in [0.717, 1.165) is 70.6 Å². The number of carbonyl (C=O) groups excluding carboxylic acids is 1. The summed E-state index contributed by atoms with van der Waals surface area (Å²) in [6.45, 7) is 3.67. The molecular weight excluding hydrogens is 959 g/mol. The predicted molar refractivity (Wildman–Crippen MR) is 327 cm³/mol. The maximum absolute atomic E-state index is 13.1. The summed E-state index contributed by atoms with van der Waals surface area (Å²) < 4.78 is 11.3. The van der Waals surface area contributed by atoms with E-state index in [4.69, 9.17) is 9.47 Å². The van der Waals surface area contributed by atoms with Gasteiger partial charge in [0, 0.05) is 6.42 Å². The van der Waals surface area contributed by atoms with Gasteiger partial charge in [0.15, 0.2) is 6.29 Å². The van der Waals surface area contributed by atoms with Gasteiger partial charge in [-0.3, -0.25) is 4.79 Å². The largest absolute Gasteiger partial charge is 0.394 e. The maximum atomic E-state index is 13.1. The summed E-state index contributed by atoms with van der Waals surface area (Å²) in [4.78, 5) is 13.1. The molecule has 0 radical (unpaired) electrons. The minimum Gasteiger partial charge on any atom is -0.394 e. The average Bonchev–Trinajstić information content (AvgIpc) is 3.43. The number of carbonyl (C=O) groups is 1. The number of aliphatic hydroxyl groups excluding tert-OH is 5. The highest BCUT2D eigenvalue weighted by molar-refractivity contribution is 5.76. The minimum atomic E-state index is -1.58. The Kier molecular flexibility index (Phi) is 53.2. The molecule has 0 aromatic rings. The first-order valence-corrected chi connectivity index (χ1v) is 32.3. The average molecular weight is 1080 g/mol. The summed E-state index contributed by atoms with van der Waals surface area (Å²) in [6, 6.07) is -0.831. The van der Waals surface area contributed by atoms with E-state index in [9.17, 15) is 30.3 Å². The molecule has 0 aromatic heterocycles. The Balaban J connectivity index is 2.16. The SMILES string of the molecule is CC/C=C\C/C=C\C/C=C\C/C=C\CCCCCCCCCCCCCCCCCCCCCCC(=O)NC(COC1OC(CO)C(O)C(O)C1O)C(O)/C=C/CC/C=C/CC/C=C/CCCCCCCCCCCCC. The quantitative estimate of drug-likeness (QED) is 0.0261. The van der Waals surface area contributed by atoms with Crippen molar-refractivity contribution >= 4 is 5.91 Å². The van der Waals surface area contributed by atoms with Crippen LogP contribution in [-0.2, 0) is 14.3 Å². The Bertz CT molecular complexity index is 1490. The molecule has 0 bridgehead atoms. The van der Waals surface area contributed by atoms with Gasteiger partial charge in [-0.1, -0.05) is 279 Å². The standard InChI is InChI=1S/C68H121NO8/c1-3-5-7-9-11-13-15-17-19-21-23-25-26-27-28-29-30-31-32-33-34-35-36-38-40-42-44-46-48-50-52-54-56-58-64(72)69-61(60-76-68-67(75)66(74)65(73)63(59-70)77-68)62(71)57-55-53-51-49-47-45-43-41-39-37-24-22-20-18-16-14-12-10-8-6-4-2/h5,7,11,13,17,19,23,25,39,41,47,49,55,57,61-63,65-68,70-71,73-75H,3-4,6,8-10,12,14-16,18,20-22,24,26-38,40,42-46,48,50-54,56,58-60H2,1-2H3,(H,69,72)/b7-5-,13-11-,19-17-,25-23-,41-39+,49-47+,57-55+. The van der Waals surface area contributed by atoms with Crippen LogP contribution in [0, 0.1) is 0 Å². The smallest absolute Gasteiger partial charge is 0.220 e. The summed E-state index contributed by atoms with van der Waals surface area (Å²) in [5.41, 5.74) is 0. The lowest BCUT2D eigenvalue weighted by Crippen LogP contribution is -2.60. The van der Waals surface area contributed by atoms with Gasteiger partial charge >= 0.3 is 0 Å². The van der Waals surface area contributed by atoms with Crippen LogP contribution in [0.25, 0.3) is 0 Å². The summed E-state index contributed by atoms with van der Waals surface area (Å²) in [5, 5.41) is 54.6. The molecule has 1 heterocycles. The highest BCUT2D eigenvalue weighted by atomic mass is 16.7. The first-order valence-electron chi connectivity index (χ1n) is 32.3. The molecule has 9 heteroatoms. The monoisotopic (exact) mass is 1080 g/mol. The second-order valence-corrected chi connectivity index (χ2v) is 22.2. The molecule has 0 saturated carbocycles. The van der Waals surface area contributed by atoms with Gasteiger partial charge in [-0.2, -0.15) is 0 Å². The van der Waals surface area contributed by atoms with Gasteiger partial charge < -0.3 is 40.3 Å². The zero-order chi connectivity index (χ0) is 55.8. The van der Waals surface area contributed by atoms with Crippen LogP contribution in [0.3, 0.4) is 0 Å². The zero-order valence-electron chi connectivity index (χ0n) is 49.7. The topological polar surface area (TPSA) is 149 Å². The van der Waals surface area contributed by atoms with Gasteiger partial charge in [-0.05, 0) is 83.5 Å². The predicted octanol–water partition coefficient (Wildman–Crippen LogP) is 17.0. The number of hydrogen-bond donors (Lipinski definition) is 6. The van der Waals surface area contributed by atoms with Crippen molar-refractivity contribution < 1.29 is 39.8 Å². The van der Waals surface area contributed by atoms with Crippen LogP contribution in [0.4, 0.5) is 0 Å². The maximum Gasteiger partial charge on any atom is 0.220 e. The summed E-state index contributed by atoms with van der Waals surface area (Å²) in [7, 11) is 0. The van der Waals surface area contributed by atoms with Gasteiger partial charge in [0.05, 0.1) is 25.4 Å². The number of rotatable bonds is 55. The summed E-state index contributed by atoms with van der Waals surface area (Å²) in [5.74, 6) is -0.189. The van der Waals surface area contributed by atoms with Crippen LogP contribution in [0.2, 0.25) is 0 Å². The zero-order valence-corrected chi connectivity index (χ0v) is 49.7. The van der Waals surface area contributed by atoms with Crippen molar-refractivity contribution in [2.24, 2.45) is 0 Å². The molecule has 446 valence electrons. The van der Waals surface area contributed by atoms with Gasteiger partial charge in [-0.15, -0.1) is 0 Å². The second-order valence-electron chi connectivity index (χ2n) is 22.2. The van der Waals surface area contributed by atoms with Crippen LogP contribution in [0.1, 0.15) is 284 Å². The molecule has 0 spiro atoms. The van der Waals surface area contributed by atoms with E-state index in [-0.39, 0.29) is 12.5 Å². The highest BCUT2D eigenvalue weighted by Gasteiger charge is 2.44. The molecule has 1 saturated heterocycles. The number of amides is 1. The Labute approximate surface area is 473 Å². The Morgan fingerprint density at radius 1 is 0.455 bits per heavy atom. The van der Waals surface area contributed by atoms with E-state index in [0.29, 0.717) is 6.42 Å². The molecule has 7 atom stereocenters. The number of unbranched alkanes of at least 4 members (excludes halogenated alkanes) is 33. The van der Waals surface area contributed by atoms with Crippen LogP contribution in [0.5, 0.6) is 0 Å². The first-order chi connectivity index (χ1) is 37.8. The van der Waals surface area contributed by atoms with Gasteiger partial charge in [-0.25, -0.2) is 0 Å². The number of nitrogens with one attached hydrogen (secondary N) is 1. The molecule has 1 aliphatic heterocycles. The fourth-order valence-electron chi connectivity index (χ4n) is 9.89. The lowest BCUT2D eigenvalue weighted by molar-refractivity contribution is -0.302. The first kappa shape index (κ1) is 72.4.